The van der Waals surface area contributed by atoms with Crippen LogP contribution in [0.2, 0.25) is 0 Å². The summed E-state index contributed by atoms with van der Waals surface area (Å²) in [5.74, 6) is 1.66. The minimum atomic E-state index is -0.763. The molecular weight excluding hydrogens is 697 g/mol. The molecule has 0 spiro atoms. The monoisotopic (exact) mass is 793 g/mol. The van der Waals surface area contributed by atoms with Crippen LogP contribution >= 0.6 is 0 Å². The van der Waals surface area contributed by atoms with Gasteiger partial charge in [0.2, 0.25) is 0 Å². The predicted octanol–water partition coefficient (Wildman–Crippen LogP) is 15.6. The van der Waals surface area contributed by atoms with Gasteiger partial charge in [0.25, 0.3) is 0 Å². The molecule has 0 aromatic carbocycles. The first kappa shape index (κ1) is 54.4. The molecule has 0 amide bonds. The summed E-state index contributed by atoms with van der Waals surface area (Å²) in [5, 5.41) is 0. The molecule has 0 aliphatic rings. The van der Waals surface area contributed by atoms with E-state index in [1.54, 1.807) is 0 Å². The molecule has 3 atom stereocenters. The third-order valence-corrected chi connectivity index (χ3v) is 11.9. The van der Waals surface area contributed by atoms with Gasteiger partial charge in [0.15, 0.2) is 6.10 Å². The van der Waals surface area contributed by atoms with Gasteiger partial charge in [0, 0.05) is 19.3 Å². The van der Waals surface area contributed by atoms with Gasteiger partial charge in [-0.05, 0) is 37.0 Å². The number of esters is 3. The standard InChI is InChI=1S/C50H96O6/c1-7-45(5)37-31-25-19-13-9-11-15-21-27-33-39-48(51)54-42-47(43-55-49(52)40-34-28-23-17-18-24-30-36-44(3)4)56-50(53)41-35-29-22-16-12-10-14-20-26-32-38-46(6)8-2/h44-47H,7-43H2,1-6H3/t45?,46?,47-/m1/s1. The zero-order valence-corrected chi connectivity index (χ0v) is 38.4. The predicted molar refractivity (Wildman–Crippen MR) is 238 cm³/mol. The molecule has 2 unspecified atom stereocenters. The second-order valence-electron chi connectivity index (χ2n) is 18.1. The Morgan fingerprint density at radius 3 is 0.929 bits per heavy atom. The maximum absolute atomic E-state index is 12.8. The van der Waals surface area contributed by atoms with Crippen molar-refractivity contribution in [1.29, 1.82) is 0 Å². The summed E-state index contributed by atoms with van der Waals surface area (Å²) in [6.07, 6.45) is 39.4. The van der Waals surface area contributed by atoms with Crippen LogP contribution in [0.3, 0.4) is 0 Å². The van der Waals surface area contributed by atoms with Crippen molar-refractivity contribution in [2.75, 3.05) is 13.2 Å². The van der Waals surface area contributed by atoms with Crippen LogP contribution in [-0.2, 0) is 28.6 Å². The van der Waals surface area contributed by atoms with Crippen LogP contribution in [0.5, 0.6) is 0 Å². The maximum Gasteiger partial charge on any atom is 0.306 e. The largest absolute Gasteiger partial charge is 0.462 e. The smallest absolute Gasteiger partial charge is 0.306 e. The normalized spacial score (nSPS) is 13.1. The summed E-state index contributed by atoms with van der Waals surface area (Å²) in [5.41, 5.74) is 0. The lowest BCUT2D eigenvalue weighted by atomic mass is 9.99. The summed E-state index contributed by atoms with van der Waals surface area (Å²) in [4.78, 5) is 37.8. The zero-order valence-electron chi connectivity index (χ0n) is 38.4. The Morgan fingerprint density at radius 1 is 0.357 bits per heavy atom. The van der Waals surface area contributed by atoms with Gasteiger partial charge in [-0.15, -0.1) is 0 Å². The number of hydrogen-bond donors (Lipinski definition) is 0. The van der Waals surface area contributed by atoms with Crippen molar-refractivity contribution in [2.45, 2.75) is 272 Å². The molecule has 0 aliphatic heterocycles. The van der Waals surface area contributed by atoms with E-state index in [0.717, 1.165) is 75.5 Å². The topological polar surface area (TPSA) is 78.9 Å². The van der Waals surface area contributed by atoms with Crippen molar-refractivity contribution < 1.29 is 28.6 Å². The Balaban J connectivity index is 4.34. The lowest BCUT2D eigenvalue weighted by Gasteiger charge is -2.18. The van der Waals surface area contributed by atoms with Gasteiger partial charge in [-0.1, -0.05) is 228 Å². The summed E-state index contributed by atoms with van der Waals surface area (Å²) >= 11 is 0. The molecule has 0 heterocycles. The molecule has 0 saturated carbocycles. The SMILES string of the molecule is CCC(C)CCCCCCCCCCCCC(=O)OC[C@H](COC(=O)CCCCCCCCCC(C)C)OC(=O)CCCCCCCCCCCCC(C)CC. The van der Waals surface area contributed by atoms with Crippen LogP contribution in [0.1, 0.15) is 266 Å². The summed E-state index contributed by atoms with van der Waals surface area (Å²) in [6.45, 7) is 13.7. The van der Waals surface area contributed by atoms with Gasteiger partial charge in [0.05, 0.1) is 0 Å². The highest BCUT2D eigenvalue weighted by molar-refractivity contribution is 5.71. The zero-order chi connectivity index (χ0) is 41.3. The minimum Gasteiger partial charge on any atom is -0.462 e. The van der Waals surface area contributed by atoms with Crippen LogP contribution in [0.25, 0.3) is 0 Å². The molecule has 6 nitrogen and oxygen atoms in total. The van der Waals surface area contributed by atoms with Crippen molar-refractivity contribution in [3.63, 3.8) is 0 Å². The van der Waals surface area contributed by atoms with E-state index >= 15 is 0 Å². The van der Waals surface area contributed by atoms with E-state index < -0.39 is 6.10 Å². The third-order valence-electron chi connectivity index (χ3n) is 11.9. The maximum atomic E-state index is 12.8. The highest BCUT2D eigenvalue weighted by atomic mass is 16.6. The number of unbranched alkanes of at least 4 members (excludes halogenated alkanes) is 24. The fourth-order valence-electron chi connectivity index (χ4n) is 7.34. The number of carbonyl (C=O) groups is 3. The third kappa shape index (κ3) is 40.6. The van der Waals surface area contributed by atoms with Crippen molar-refractivity contribution in [1.82, 2.24) is 0 Å². The Bertz CT molecular complexity index is 872. The molecule has 332 valence electrons. The second kappa shape index (κ2) is 41.6. The molecule has 0 fully saturated rings. The van der Waals surface area contributed by atoms with Crippen LogP contribution < -0.4 is 0 Å². The fraction of sp³-hybridized carbons (Fsp3) is 0.940. The summed E-state index contributed by atoms with van der Waals surface area (Å²) in [6, 6.07) is 0. The molecule has 0 aromatic heterocycles. The van der Waals surface area contributed by atoms with E-state index in [1.807, 2.05) is 0 Å². The van der Waals surface area contributed by atoms with Crippen LogP contribution in [0.4, 0.5) is 0 Å². The highest BCUT2D eigenvalue weighted by Crippen LogP contribution is 2.18. The van der Waals surface area contributed by atoms with Gasteiger partial charge in [0.1, 0.15) is 13.2 Å². The molecule has 0 bridgehead atoms. The Labute approximate surface area is 348 Å². The van der Waals surface area contributed by atoms with E-state index in [1.165, 1.54) is 148 Å². The Hall–Kier alpha value is -1.59. The molecule has 0 radical (unpaired) electrons. The second-order valence-corrected chi connectivity index (χ2v) is 18.1. The van der Waals surface area contributed by atoms with Gasteiger partial charge in [-0.25, -0.2) is 0 Å². The van der Waals surface area contributed by atoms with Crippen LogP contribution in [-0.4, -0.2) is 37.2 Å². The van der Waals surface area contributed by atoms with Gasteiger partial charge in [-0.2, -0.15) is 0 Å². The fourth-order valence-corrected chi connectivity index (χ4v) is 7.34. The quantitative estimate of drug-likeness (QED) is 0.0348. The lowest BCUT2D eigenvalue weighted by molar-refractivity contribution is -0.167. The Morgan fingerprint density at radius 2 is 0.625 bits per heavy atom. The molecule has 0 aliphatic carbocycles. The summed E-state index contributed by atoms with van der Waals surface area (Å²) in [7, 11) is 0. The van der Waals surface area contributed by atoms with Crippen molar-refractivity contribution in [2.24, 2.45) is 17.8 Å². The number of ether oxygens (including phenoxy) is 3. The molecular formula is C50H96O6. The lowest BCUT2D eigenvalue weighted by Crippen LogP contribution is -2.30. The van der Waals surface area contributed by atoms with E-state index in [9.17, 15) is 14.4 Å². The molecule has 0 N–H and O–H groups in total. The van der Waals surface area contributed by atoms with E-state index in [-0.39, 0.29) is 31.1 Å². The van der Waals surface area contributed by atoms with Crippen molar-refractivity contribution >= 4 is 17.9 Å². The average molecular weight is 793 g/mol. The number of rotatable bonds is 43. The molecule has 0 aromatic rings. The highest BCUT2D eigenvalue weighted by Gasteiger charge is 2.19. The molecule has 6 heteroatoms. The van der Waals surface area contributed by atoms with Crippen molar-refractivity contribution in [3.8, 4) is 0 Å². The van der Waals surface area contributed by atoms with E-state index in [0.29, 0.717) is 19.3 Å². The number of hydrogen-bond acceptors (Lipinski definition) is 6. The number of carbonyl (C=O) groups excluding carboxylic acids is 3. The van der Waals surface area contributed by atoms with Crippen molar-refractivity contribution in [3.05, 3.63) is 0 Å². The van der Waals surface area contributed by atoms with E-state index in [4.69, 9.17) is 14.2 Å². The summed E-state index contributed by atoms with van der Waals surface area (Å²) < 4.78 is 16.8. The first-order chi connectivity index (χ1) is 27.2. The van der Waals surface area contributed by atoms with Gasteiger partial charge in [-0.3, -0.25) is 14.4 Å². The minimum absolute atomic E-state index is 0.0658. The average Bonchev–Trinajstić information content (AvgIpc) is 3.18. The molecule has 56 heavy (non-hydrogen) atoms. The van der Waals surface area contributed by atoms with E-state index in [2.05, 4.69) is 41.5 Å². The molecule has 0 saturated heterocycles. The first-order valence-electron chi connectivity index (χ1n) is 24.7. The van der Waals surface area contributed by atoms with Gasteiger partial charge < -0.3 is 14.2 Å². The van der Waals surface area contributed by atoms with Gasteiger partial charge >= 0.3 is 17.9 Å². The van der Waals surface area contributed by atoms with Crippen LogP contribution in [0, 0.1) is 17.8 Å². The molecule has 0 rings (SSSR count). The Kier molecular flexibility index (Phi) is 40.4. The van der Waals surface area contributed by atoms with Crippen LogP contribution in [0.15, 0.2) is 0 Å². The first-order valence-corrected chi connectivity index (χ1v) is 24.7.